The summed E-state index contributed by atoms with van der Waals surface area (Å²) in [7, 11) is 5.48. The number of aliphatic imine (C=N–C) groups is 1. The zero-order valence-electron chi connectivity index (χ0n) is 17.0. The fraction of sp³-hybridized carbons (Fsp3) is 0.333. The van der Waals surface area contributed by atoms with Crippen LogP contribution in [0.3, 0.4) is 0 Å². The van der Waals surface area contributed by atoms with Gasteiger partial charge in [0.1, 0.15) is 0 Å². The van der Waals surface area contributed by atoms with Crippen LogP contribution in [-0.4, -0.2) is 56.8 Å². The molecule has 0 aliphatic heterocycles. The van der Waals surface area contributed by atoms with Crippen molar-refractivity contribution >= 4 is 40.9 Å². The third-order valence-corrected chi connectivity index (χ3v) is 5.10. The number of halogens is 1. The van der Waals surface area contributed by atoms with E-state index in [-0.39, 0.29) is 5.91 Å². The van der Waals surface area contributed by atoms with Crippen LogP contribution >= 0.6 is 23.4 Å². The van der Waals surface area contributed by atoms with E-state index in [1.165, 1.54) is 4.90 Å². The molecule has 8 heteroatoms. The fourth-order valence-corrected chi connectivity index (χ4v) is 3.42. The Balaban J connectivity index is 1.74. The van der Waals surface area contributed by atoms with Gasteiger partial charge in [0.15, 0.2) is 5.96 Å². The number of carbonyl (C=O) groups excluding carboxylic acids is 1. The predicted molar refractivity (Wildman–Crippen MR) is 124 cm³/mol. The van der Waals surface area contributed by atoms with Gasteiger partial charge in [-0.05, 0) is 56.1 Å². The smallest absolute Gasteiger partial charge is 0.238 e. The van der Waals surface area contributed by atoms with Crippen LogP contribution in [0.15, 0.2) is 58.4 Å². The minimum Gasteiger partial charge on any atom is -0.356 e. The van der Waals surface area contributed by atoms with E-state index in [4.69, 9.17) is 11.6 Å². The molecule has 1 amide bonds. The number of nitrogens with one attached hydrogen (secondary N) is 3. The highest BCUT2D eigenvalue weighted by atomic mass is 35.5. The molecule has 0 bridgehead atoms. The number of rotatable bonds is 9. The van der Waals surface area contributed by atoms with Crippen molar-refractivity contribution < 1.29 is 4.79 Å². The quantitative estimate of drug-likeness (QED) is 0.245. The monoisotopic (exact) mass is 433 g/mol. The Bertz CT molecular complexity index is 811. The van der Waals surface area contributed by atoms with Crippen molar-refractivity contribution in [1.29, 1.82) is 0 Å². The standard InChI is InChI=1S/C21H28ClN5OS/c1-23-21(24-11-12-29-19-9-7-17(22)8-10-19)25-14-16-5-4-6-18(13-16)26-20(28)15-27(2)3/h4-10,13H,11-12,14-15H2,1-3H3,(H,26,28)(H2,23,24,25). The Morgan fingerprint density at radius 3 is 2.59 bits per heavy atom. The summed E-state index contributed by atoms with van der Waals surface area (Å²) in [6.45, 7) is 1.75. The van der Waals surface area contributed by atoms with Gasteiger partial charge in [0, 0.05) is 41.5 Å². The molecule has 3 N–H and O–H groups in total. The van der Waals surface area contributed by atoms with Gasteiger partial charge in [-0.2, -0.15) is 0 Å². The van der Waals surface area contributed by atoms with Gasteiger partial charge in [0.2, 0.25) is 5.91 Å². The molecule has 2 rings (SSSR count). The first-order valence-electron chi connectivity index (χ1n) is 9.32. The normalized spacial score (nSPS) is 11.4. The van der Waals surface area contributed by atoms with Gasteiger partial charge in [-0.3, -0.25) is 9.79 Å². The molecular weight excluding hydrogens is 406 g/mol. The summed E-state index contributed by atoms with van der Waals surface area (Å²) < 4.78 is 0. The van der Waals surface area contributed by atoms with E-state index in [9.17, 15) is 4.79 Å². The molecule has 0 fully saturated rings. The number of hydrogen-bond donors (Lipinski definition) is 3. The number of anilines is 1. The first kappa shape index (κ1) is 23.1. The fourth-order valence-electron chi connectivity index (χ4n) is 2.52. The van der Waals surface area contributed by atoms with Crippen LogP contribution in [0.25, 0.3) is 0 Å². The Labute approximate surface area is 182 Å². The average molecular weight is 434 g/mol. The van der Waals surface area contributed by atoms with E-state index in [0.717, 1.165) is 34.5 Å². The lowest BCUT2D eigenvalue weighted by atomic mass is 10.2. The summed E-state index contributed by atoms with van der Waals surface area (Å²) in [6, 6.07) is 15.6. The van der Waals surface area contributed by atoms with Crippen molar-refractivity contribution in [1.82, 2.24) is 15.5 Å². The molecule has 0 aliphatic rings. The van der Waals surface area contributed by atoms with Crippen molar-refractivity contribution in [2.75, 3.05) is 45.3 Å². The van der Waals surface area contributed by atoms with Gasteiger partial charge < -0.3 is 20.9 Å². The topological polar surface area (TPSA) is 68.8 Å². The van der Waals surface area contributed by atoms with Gasteiger partial charge in [-0.25, -0.2) is 0 Å². The Morgan fingerprint density at radius 1 is 1.14 bits per heavy atom. The van der Waals surface area contributed by atoms with Gasteiger partial charge in [-0.15, -0.1) is 11.8 Å². The molecule has 0 aliphatic carbocycles. The molecule has 0 heterocycles. The zero-order valence-corrected chi connectivity index (χ0v) is 18.6. The lowest BCUT2D eigenvalue weighted by molar-refractivity contribution is -0.116. The summed E-state index contributed by atoms with van der Waals surface area (Å²) in [5.74, 6) is 1.62. The molecule has 156 valence electrons. The maximum atomic E-state index is 11.9. The van der Waals surface area contributed by atoms with Crippen LogP contribution in [0.2, 0.25) is 5.02 Å². The highest BCUT2D eigenvalue weighted by Gasteiger charge is 2.05. The number of nitrogens with zero attached hydrogens (tertiary/aromatic N) is 2. The Morgan fingerprint density at radius 2 is 1.90 bits per heavy atom. The maximum Gasteiger partial charge on any atom is 0.238 e. The summed E-state index contributed by atoms with van der Waals surface area (Å²) in [6.07, 6.45) is 0. The molecule has 0 saturated carbocycles. The van der Waals surface area contributed by atoms with E-state index < -0.39 is 0 Å². The molecule has 2 aromatic rings. The molecule has 0 unspecified atom stereocenters. The van der Waals surface area contributed by atoms with E-state index >= 15 is 0 Å². The van der Waals surface area contributed by atoms with E-state index in [0.29, 0.717) is 13.1 Å². The largest absolute Gasteiger partial charge is 0.356 e. The molecule has 0 radical (unpaired) electrons. The second kappa shape index (κ2) is 12.4. The number of amides is 1. The van der Waals surface area contributed by atoms with Crippen LogP contribution in [0.5, 0.6) is 0 Å². The highest BCUT2D eigenvalue weighted by molar-refractivity contribution is 7.99. The first-order valence-corrected chi connectivity index (χ1v) is 10.7. The van der Waals surface area contributed by atoms with E-state index in [1.807, 2.05) is 67.5 Å². The number of thioether (sulfide) groups is 1. The van der Waals surface area contributed by atoms with E-state index in [1.54, 1.807) is 18.8 Å². The van der Waals surface area contributed by atoms with Crippen molar-refractivity contribution in [3.8, 4) is 0 Å². The van der Waals surface area contributed by atoms with Gasteiger partial charge in [-0.1, -0.05) is 23.7 Å². The van der Waals surface area contributed by atoms with Gasteiger partial charge >= 0.3 is 0 Å². The third kappa shape index (κ3) is 9.21. The SMILES string of the molecule is CN=C(NCCSc1ccc(Cl)cc1)NCc1cccc(NC(=O)CN(C)C)c1. The summed E-state index contributed by atoms with van der Waals surface area (Å²) in [4.78, 5) is 19.2. The van der Waals surface area contributed by atoms with Crippen LogP contribution < -0.4 is 16.0 Å². The van der Waals surface area contributed by atoms with Crippen molar-refractivity contribution in [3.05, 3.63) is 59.1 Å². The molecule has 0 atom stereocenters. The van der Waals surface area contributed by atoms with Crippen LogP contribution in [0.1, 0.15) is 5.56 Å². The molecule has 2 aromatic carbocycles. The summed E-state index contributed by atoms with van der Waals surface area (Å²) >= 11 is 7.67. The molecule has 6 nitrogen and oxygen atoms in total. The van der Waals surface area contributed by atoms with Crippen LogP contribution in [-0.2, 0) is 11.3 Å². The number of benzene rings is 2. The molecule has 0 saturated heterocycles. The number of guanidine groups is 1. The summed E-state index contributed by atoms with van der Waals surface area (Å²) in [5, 5.41) is 10.3. The lowest BCUT2D eigenvalue weighted by Gasteiger charge is -2.13. The minimum atomic E-state index is -0.0317. The van der Waals surface area contributed by atoms with Crippen LogP contribution in [0, 0.1) is 0 Å². The van der Waals surface area contributed by atoms with Gasteiger partial charge in [0.05, 0.1) is 6.54 Å². The minimum absolute atomic E-state index is 0.0317. The average Bonchev–Trinajstić information content (AvgIpc) is 2.68. The van der Waals surface area contributed by atoms with Crippen molar-refractivity contribution in [2.24, 2.45) is 4.99 Å². The maximum absolute atomic E-state index is 11.9. The molecule has 29 heavy (non-hydrogen) atoms. The second-order valence-electron chi connectivity index (χ2n) is 6.64. The molecule has 0 spiro atoms. The number of likely N-dealkylation sites (N-methyl/N-ethyl adjacent to an activating group) is 1. The first-order chi connectivity index (χ1) is 14.0. The Kier molecular flexibility index (Phi) is 9.83. The highest BCUT2D eigenvalue weighted by Crippen LogP contribution is 2.19. The summed E-state index contributed by atoms with van der Waals surface area (Å²) in [5.41, 5.74) is 1.85. The number of hydrogen-bond acceptors (Lipinski definition) is 4. The second-order valence-corrected chi connectivity index (χ2v) is 8.25. The number of carbonyl (C=O) groups is 1. The lowest BCUT2D eigenvalue weighted by Crippen LogP contribution is -2.37. The van der Waals surface area contributed by atoms with Crippen molar-refractivity contribution in [2.45, 2.75) is 11.4 Å². The van der Waals surface area contributed by atoms with Crippen LogP contribution in [0.4, 0.5) is 5.69 Å². The Hall–Kier alpha value is -2.22. The van der Waals surface area contributed by atoms with Crippen molar-refractivity contribution in [3.63, 3.8) is 0 Å². The molecule has 0 aromatic heterocycles. The predicted octanol–water partition coefficient (Wildman–Crippen LogP) is 3.30. The van der Waals surface area contributed by atoms with Gasteiger partial charge in [0.25, 0.3) is 0 Å². The van der Waals surface area contributed by atoms with E-state index in [2.05, 4.69) is 20.9 Å². The zero-order chi connectivity index (χ0) is 21.1. The molecular formula is C21H28ClN5OS. The third-order valence-electron chi connectivity index (χ3n) is 3.83.